The quantitative estimate of drug-likeness (QED) is 0.598. The molecule has 0 saturated heterocycles. The van der Waals surface area contributed by atoms with Crippen molar-refractivity contribution in [3.8, 4) is 11.5 Å². The van der Waals surface area contributed by atoms with Gasteiger partial charge in [0.25, 0.3) is 0 Å². The summed E-state index contributed by atoms with van der Waals surface area (Å²) in [6, 6.07) is 12.8. The Kier molecular flexibility index (Phi) is 6.44. The average molecular weight is 398 g/mol. The third-order valence-electron chi connectivity index (χ3n) is 3.67. The molecule has 0 bridgehead atoms. The van der Waals surface area contributed by atoms with Crippen molar-refractivity contribution in [2.45, 2.75) is 27.4 Å². The van der Waals surface area contributed by atoms with Gasteiger partial charge >= 0.3 is 6.03 Å². The SMILES string of the molecule is CCOc1ccc(NC(=O)Nc2nnc(COc3cc(C)cc(C)c3)s2)cc1. The zero-order chi connectivity index (χ0) is 19.9. The maximum Gasteiger partial charge on any atom is 0.325 e. The molecule has 2 aromatic carbocycles. The maximum absolute atomic E-state index is 12.1. The van der Waals surface area contributed by atoms with Crippen molar-refractivity contribution in [1.82, 2.24) is 10.2 Å². The van der Waals surface area contributed by atoms with Gasteiger partial charge in [-0.25, -0.2) is 4.79 Å². The van der Waals surface area contributed by atoms with Crippen LogP contribution in [0, 0.1) is 13.8 Å². The Morgan fingerprint density at radius 1 is 0.964 bits per heavy atom. The molecule has 2 amide bonds. The molecule has 0 radical (unpaired) electrons. The number of nitrogens with one attached hydrogen (secondary N) is 2. The third-order valence-corrected chi connectivity index (χ3v) is 4.48. The van der Waals surface area contributed by atoms with E-state index in [4.69, 9.17) is 9.47 Å². The molecule has 28 heavy (non-hydrogen) atoms. The van der Waals surface area contributed by atoms with Gasteiger partial charge in [0.1, 0.15) is 18.1 Å². The lowest BCUT2D eigenvalue weighted by molar-refractivity contribution is 0.262. The van der Waals surface area contributed by atoms with E-state index in [1.54, 1.807) is 24.3 Å². The summed E-state index contributed by atoms with van der Waals surface area (Å²) in [7, 11) is 0. The number of urea groups is 1. The molecule has 2 N–H and O–H groups in total. The minimum atomic E-state index is -0.387. The number of carbonyl (C=O) groups is 1. The third kappa shape index (κ3) is 5.68. The molecular formula is C20H22N4O3S. The number of anilines is 2. The van der Waals surface area contributed by atoms with E-state index in [0.717, 1.165) is 22.6 Å². The molecule has 3 rings (SSSR count). The largest absolute Gasteiger partial charge is 0.494 e. The Labute approximate surface area is 167 Å². The van der Waals surface area contributed by atoms with E-state index in [1.807, 2.05) is 32.9 Å². The summed E-state index contributed by atoms with van der Waals surface area (Å²) >= 11 is 1.27. The molecule has 3 aromatic rings. The van der Waals surface area contributed by atoms with Crippen LogP contribution in [-0.2, 0) is 6.61 Å². The van der Waals surface area contributed by atoms with Gasteiger partial charge in [0.15, 0.2) is 5.01 Å². The fourth-order valence-electron chi connectivity index (χ4n) is 2.58. The van der Waals surface area contributed by atoms with Gasteiger partial charge in [0, 0.05) is 5.69 Å². The molecule has 146 valence electrons. The molecule has 0 aliphatic heterocycles. The van der Waals surface area contributed by atoms with Crippen molar-refractivity contribution in [3.05, 3.63) is 58.6 Å². The molecule has 0 saturated carbocycles. The first-order chi connectivity index (χ1) is 13.5. The number of amides is 2. The van der Waals surface area contributed by atoms with Gasteiger partial charge in [-0.3, -0.25) is 5.32 Å². The highest BCUT2D eigenvalue weighted by Crippen LogP contribution is 2.21. The summed E-state index contributed by atoms with van der Waals surface area (Å²) in [6.45, 7) is 6.86. The van der Waals surface area contributed by atoms with Crippen LogP contribution in [0.5, 0.6) is 11.5 Å². The van der Waals surface area contributed by atoms with Crippen LogP contribution in [0.25, 0.3) is 0 Å². The van der Waals surface area contributed by atoms with E-state index >= 15 is 0 Å². The van der Waals surface area contributed by atoms with Crippen LogP contribution < -0.4 is 20.1 Å². The lowest BCUT2D eigenvalue weighted by Crippen LogP contribution is -2.19. The first kappa shape index (κ1) is 19.6. The van der Waals surface area contributed by atoms with Gasteiger partial charge in [0.2, 0.25) is 5.13 Å². The molecule has 0 spiro atoms. The number of hydrogen-bond donors (Lipinski definition) is 2. The zero-order valence-corrected chi connectivity index (χ0v) is 16.8. The van der Waals surface area contributed by atoms with E-state index in [1.165, 1.54) is 11.3 Å². The predicted octanol–water partition coefficient (Wildman–Crippen LogP) is 4.78. The second-order valence-electron chi connectivity index (χ2n) is 6.15. The molecule has 1 aromatic heterocycles. The highest BCUT2D eigenvalue weighted by molar-refractivity contribution is 7.15. The number of hydrogen-bond acceptors (Lipinski definition) is 6. The van der Waals surface area contributed by atoms with Crippen LogP contribution in [-0.4, -0.2) is 22.8 Å². The van der Waals surface area contributed by atoms with Gasteiger partial charge in [0.05, 0.1) is 6.61 Å². The molecule has 0 atom stereocenters. The Morgan fingerprint density at radius 3 is 2.36 bits per heavy atom. The summed E-state index contributed by atoms with van der Waals surface area (Å²) in [5, 5.41) is 14.5. The van der Waals surface area contributed by atoms with Crippen molar-refractivity contribution in [2.24, 2.45) is 0 Å². The van der Waals surface area contributed by atoms with Crippen molar-refractivity contribution in [1.29, 1.82) is 0 Å². The lowest BCUT2D eigenvalue weighted by atomic mass is 10.1. The van der Waals surface area contributed by atoms with Crippen molar-refractivity contribution < 1.29 is 14.3 Å². The van der Waals surface area contributed by atoms with E-state index in [2.05, 4.69) is 26.9 Å². The van der Waals surface area contributed by atoms with Crippen LogP contribution in [0.15, 0.2) is 42.5 Å². The van der Waals surface area contributed by atoms with Crippen molar-refractivity contribution in [2.75, 3.05) is 17.2 Å². The normalized spacial score (nSPS) is 10.4. The Bertz CT molecular complexity index is 921. The number of benzene rings is 2. The minimum absolute atomic E-state index is 0.294. The second kappa shape index (κ2) is 9.18. The van der Waals surface area contributed by atoms with Gasteiger partial charge in [-0.15, -0.1) is 10.2 Å². The van der Waals surface area contributed by atoms with E-state index in [0.29, 0.717) is 29.0 Å². The number of rotatable bonds is 7. The number of aryl methyl sites for hydroxylation is 2. The topological polar surface area (TPSA) is 85.4 Å². The van der Waals surface area contributed by atoms with Crippen LogP contribution in [0.2, 0.25) is 0 Å². The second-order valence-corrected chi connectivity index (χ2v) is 7.21. The van der Waals surface area contributed by atoms with Crippen molar-refractivity contribution >= 4 is 28.2 Å². The molecule has 0 aliphatic rings. The molecule has 8 heteroatoms. The monoisotopic (exact) mass is 398 g/mol. The fourth-order valence-corrected chi connectivity index (χ4v) is 3.23. The molecule has 1 heterocycles. The Hall–Kier alpha value is -3.13. The van der Waals surface area contributed by atoms with Crippen LogP contribution in [0.4, 0.5) is 15.6 Å². The fraction of sp³-hybridized carbons (Fsp3) is 0.250. The molecule has 0 unspecified atom stereocenters. The first-order valence-corrected chi connectivity index (χ1v) is 9.68. The standard InChI is InChI=1S/C20H22N4O3S/c1-4-26-16-7-5-15(6-8-16)21-19(25)22-20-24-23-18(28-20)12-27-17-10-13(2)9-14(3)11-17/h5-11H,4,12H2,1-3H3,(H2,21,22,24,25). The van der Waals surface area contributed by atoms with Crippen LogP contribution in [0.1, 0.15) is 23.1 Å². The van der Waals surface area contributed by atoms with Gasteiger partial charge in [-0.1, -0.05) is 17.4 Å². The first-order valence-electron chi connectivity index (χ1n) is 8.86. The molecule has 0 aliphatic carbocycles. The van der Waals surface area contributed by atoms with E-state index in [-0.39, 0.29) is 6.03 Å². The number of ether oxygens (including phenoxy) is 2. The predicted molar refractivity (Wildman–Crippen MR) is 110 cm³/mol. The Balaban J connectivity index is 1.51. The lowest BCUT2D eigenvalue weighted by Gasteiger charge is -2.07. The highest BCUT2D eigenvalue weighted by atomic mass is 32.1. The zero-order valence-electron chi connectivity index (χ0n) is 16.0. The van der Waals surface area contributed by atoms with Gasteiger partial charge < -0.3 is 14.8 Å². The van der Waals surface area contributed by atoms with Crippen molar-refractivity contribution in [3.63, 3.8) is 0 Å². The smallest absolute Gasteiger partial charge is 0.325 e. The summed E-state index contributed by atoms with van der Waals surface area (Å²) in [6.07, 6.45) is 0. The maximum atomic E-state index is 12.1. The van der Waals surface area contributed by atoms with Gasteiger partial charge in [-0.05, 0) is 68.3 Å². The number of aromatic nitrogens is 2. The summed E-state index contributed by atoms with van der Waals surface area (Å²) in [5.41, 5.74) is 2.94. The average Bonchev–Trinajstić information content (AvgIpc) is 3.08. The number of nitrogens with zero attached hydrogens (tertiary/aromatic N) is 2. The minimum Gasteiger partial charge on any atom is -0.494 e. The van der Waals surface area contributed by atoms with Crippen LogP contribution >= 0.6 is 11.3 Å². The Morgan fingerprint density at radius 2 is 1.68 bits per heavy atom. The molecule has 7 nitrogen and oxygen atoms in total. The number of carbonyl (C=O) groups excluding carboxylic acids is 1. The summed E-state index contributed by atoms with van der Waals surface area (Å²) in [4.78, 5) is 12.1. The molecular weight excluding hydrogens is 376 g/mol. The van der Waals surface area contributed by atoms with Crippen LogP contribution in [0.3, 0.4) is 0 Å². The summed E-state index contributed by atoms with van der Waals surface area (Å²) in [5.74, 6) is 1.54. The highest BCUT2D eigenvalue weighted by Gasteiger charge is 2.09. The van der Waals surface area contributed by atoms with E-state index in [9.17, 15) is 4.79 Å². The molecule has 0 fully saturated rings. The van der Waals surface area contributed by atoms with E-state index < -0.39 is 0 Å². The van der Waals surface area contributed by atoms with Gasteiger partial charge in [-0.2, -0.15) is 0 Å². The summed E-state index contributed by atoms with van der Waals surface area (Å²) < 4.78 is 11.1.